The van der Waals surface area contributed by atoms with Crippen LogP contribution in [0.5, 0.6) is 0 Å². The van der Waals surface area contributed by atoms with E-state index < -0.39 is 15.1 Å². The van der Waals surface area contributed by atoms with Crippen molar-refractivity contribution in [2.75, 3.05) is 19.3 Å². The zero-order valence-corrected chi connectivity index (χ0v) is 13.4. The van der Waals surface area contributed by atoms with E-state index in [2.05, 4.69) is 4.98 Å². The molecule has 0 aliphatic carbocycles. The number of aryl methyl sites for hydroxylation is 1. The number of aromatic nitrogens is 1. The molecule has 0 bridgehead atoms. The van der Waals surface area contributed by atoms with E-state index in [1.54, 1.807) is 11.0 Å². The topological polar surface area (TPSA) is 67.3 Å². The average Bonchev–Trinajstić information content (AvgIpc) is 2.95. The molecule has 0 saturated carbocycles. The molecular formula is C16H18N2O3S. The maximum atomic E-state index is 12.7. The Morgan fingerprint density at radius 1 is 1.27 bits per heavy atom. The molecule has 1 aliphatic rings. The number of rotatable bonds is 2. The molecule has 0 spiro atoms. The Labute approximate surface area is 129 Å². The fourth-order valence-corrected chi connectivity index (χ4v) is 3.83. The maximum Gasteiger partial charge on any atom is 0.256 e. The van der Waals surface area contributed by atoms with E-state index in [0.29, 0.717) is 24.0 Å². The lowest BCUT2D eigenvalue weighted by molar-refractivity contribution is 0.0795. The predicted molar refractivity (Wildman–Crippen MR) is 85.6 cm³/mol. The van der Waals surface area contributed by atoms with Crippen molar-refractivity contribution < 1.29 is 13.2 Å². The predicted octanol–water partition coefficient (Wildman–Crippen LogP) is 1.80. The van der Waals surface area contributed by atoms with Crippen LogP contribution in [0.4, 0.5) is 0 Å². The van der Waals surface area contributed by atoms with Gasteiger partial charge in [0.2, 0.25) is 0 Å². The summed E-state index contributed by atoms with van der Waals surface area (Å²) in [5, 5.41) is 0.455. The number of amides is 1. The Bertz CT molecular complexity index is 846. The van der Waals surface area contributed by atoms with Gasteiger partial charge in [0.05, 0.1) is 16.3 Å². The molecule has 0 radical (unpaired) electrons. The Kier molecular flexibility index (Phi) is 3.64. The molecule has 22 heavy (non-hydrogen) atoms. The van der Waals surface area contributed by atoms with Crippen LogP contribution in [-0.4, -0.2) is 48.8 Å². The number of fused-ring (bicyclic) bond motifs is 1. The van der Waals surface area contributed by atoms with Gasteiger partial charge in [-0.15, -0.1) is 0 Å². The molecular weight excluding hydrogens is 300 g/mol. The van der Waals surface area contributed by atoms with Crippen LogP contribution in [-0.2, 0) is 9.84 Å². The van der Waals surface area contributed by atoms with Gasteiger partial charge in [-0.3, -0.25) is 9.78 Å². The smallest absolute Gasteiger partial charge is 0.256 e. The molecule has 5 nitrogen and oxygen atoms in total. The maximum absolute atomic E-state index is 12.7. The molecule has 1 aromatic carbocycles. The summed E-state index contributed by atoms with van der Waals surface area (Å²) in [7, 11) is -3.11. The van der Waals surface area contributed by atoms with Gasteiger partial charge in [0, 0.05) is 30.4 Å². The van der Waals surface area contributed by atoms with Crippen LogP contribution in [0.25, 0.3) is 10.9 Å². The molecule has 1 saturated heterocycles. The summed E-state index contributed by atoms with van der Waals surface area (Å²) >= 11 is 0. The SMILES string of the molecule is Cc1ccc2cccc(C(=O)N3CCC(S(C)(=O)=O)C3)c2n1. The lowest BCUT2D eigenvalue weighted by Crippen LogP contribution is -2.31. The summed E-state index contributed by atoms with van der Waals surface area (Å²) in [5.41, 5.74) is 2.06. The van der Waals surface area contributed by atoms with Gasteiger partial charge in [0.1, 0.15) is 0 Å². The van der Waals surface area contributed by atoms with Crippen molar-refractivity contribution >= 4 is 26.6 Å². The van der Waals surface area contributed by atoms with Crippen molar-refractivity contribution in [3.63, 3.8) is 0 Å². The summed E-state index contributed by atoms with van der Waals surface area (Å²) in [4.78, 5) is 18.8. The van der Waals surface area contributed by atoms with E-state index in [4.69, 9.17) is 0 Å². The normalized spacial score (nSPS) is 18.8. The minimum Gasteiger partial charge on any atom is -0.337 e. The fourth-order valence-electron chi connectivity index (χ4n) is 2.85. The molecule has 2 aromatic rings. The highest BCUT2D eigenvalue weighted by molar-refractivity contribution is 7.91. The molecule has 1 unspecified atom stereocenters. The van der Waals surface area contributed by atoms with Crippen LogP contribution >= 0.6 is 0 Å². The average molecular weight is 318 g/mol. The first-order valence-corrected chi connectivity index (χ1v) is 9.16. The van der Waals surface area contributed by atoms with Crippen LogP contribution in [0.2, 0.25) is 0 Å². The second-order valence-electron chi connectivity index (χ2n) is 5.82. The summed E-state index contributed by atoms with van der Waals surface area (Å²) in [6.45, 7) is 2.62. The van der Waals surface area contributed by atoms with Crippen LogP contribution < -0.4 is 0 Å². The Morgan fingerprint density at radius 2 is 2.05 bits per heavy atom. The van der Waals surface area contributed by atoms with Crippen molar-refractivity contribution in [3.8, 4) is 0 Å². The molecule has 0 N–H and O–H groups in total. The Morgan fingerprint density at radius 3 is 2.73 bits per heavy atom. The minimum absolute atomic E-state index is 0.144. The van der Waals surface area contributed by atoms with E-state index >= 15 is 0 Å². The van der Waals surface area contributed by atoms with Gasteiger partial charge in [0.15, 0.2) is 9.84 Å². The molecule has 1 atom stereocenters. The minimum atomic E-state index is -3.11. The lowest BCUT2D eigenvalue weighted by atomic mass is 10.1. The monoisotopic (exact) mass is 318 g/mol. The number of likely N-dealkylation sites (tertiary alicyclic amines) is 1. The second-order valence-corrected chi connectivity index (χ2v) is 8.15. The zero-order valence-electron chi connectivity index (χ0n) is 12.6. The molecule has 1 fully saturated rings. The van der Waals surface area contributed by atoms with E-state index in [-0.39, 0.29) is 12.5 Å². The first-order chi connectivity index (χ1) is 10.4. The van der Waals surface area contributed by atoms with Crippen molar-refractivity contribution in [3.05, 3.63) is 41.6 Å². The van der Waals surface area contributed by atoms with Crippen LogP contribution in [0.1, 0.15) is 22.5 Å². The molecule has 1 aromatic heterocycles. The van der Waals surface area contributed by atoms with Gasteiger partial charge in [-0.05, 0) is 25.5 Å². The van der Waals surface area contributed by atoms with Crippen molar-refractivity contribution in [2.24, 2.45) is 0 Å². The van der Waals surface area contributed by atoms with E-state index in [0.717, 1.165) is 11.1 Å². The van der Waals surface area contributed by atoms with Crippen LogP contribution in [0, 0.1) is 6.92 Å². The summed E-state index contributed by atoms with van der Waals surface area (Å²) in [5.74, 6) is -0.144. The molecule has 6 heteroatoms. The fraction of sp³-hybridized carbons (Fsp3) is 0.375. The summed E-state index contributed by atoms with van der Waals surface area (Å²) in [6.07, 6.45) is 1.73. The van der Waals surface area contributed by atoms with Gasteiger partial charge >= 0.3 is 0 Å². The second kappa shape index (κ2) is 5.35. The number of carbonyl (C=O) groups excluding carboxylic acids is 1. The highest BCUT2D eigenvalue weighted by Gasteiger charge is 2.33. The first-order valence-electron chi connectivity index (χ1n) is 7.21. The number of benzene rings is 1. The lowest BCUT2D eigenvalue weighted by Gasteiger charge is -2.17. The summed E-state index contributed by atoms with van der Waals surface area (Å²) in [6, 6.07) is 9.35. The number of nitrogens with zero attached hydrogens (tertiary/aromatic N) is 2. The van der Waals surface area contributed by atoms with Gasteiger partial charge < -0.3 is 4.90 Å². The molecule has 1 amide bonds. The Balaban J connectivity index is 1.95. The molecule has 3 rings (SSSR count). The van der Waals surface area contributed by atoms with E-state index in [1.807, 2.05) is 31.2 Å². The molecule has 1 aliphatic heterocycles. The first kappa shape index (κ1) is 15.0. The highest BCUT2D eigenvalue weighted by atomic mass is 32.2. The third-order valence-corrected chi connectivity index (χ3v) is 5.72. The highest BCUT2D eigenvalue weighted by Crippen LogP contribution is 2.23. The van der Waals surface area contributed by atoms with E-state index in [9.17, 15) is 13.2 Å². The van der Waals surface area contributed by atoms with Crippen molar-refractivity contribution in [2.45, 2.75) is 18.6 Å². The number of sulfone groups is 1. The molecule has 2 heterocycles. The zero-order chi connectivity index (χ0) is 15.9. The Hall–Kier alpha value is -1.95. The van der Waals surface area contributed by atoms with Crippen LogP contribution in [0.3, 0.4) is 0 Å². The van der Waals surface area contributed by atoms with Gasteiger partial charge in [-0.1, -0.05) is 18.2 Å². The standard InChI is InChI=1S/C16H18N2O3S/c1-11-6-7-12-4-3-5-14(15(12)17-11)16(19)18-9-8-13(10-18)22(2,20)21/h3-7,13H,8-10H2,1-2H3. The largest absolute Gasteiger partial charge is 0.337 e. The van der Waals surface area contributed by atoms with Crippen molar-refractivity contribution in [1.29, 1.82) is 0 Å². The number of carbonyl (C=O) groups is 1. The van der Waals surface area contributed by atoms with Crippen molar-refractivity contribution in [1.82, 2.24) is 9.88 Å². The quantitative estimate of drug-likeness (QED) is 0.847. The number of pyridine rings is 1. The van der Waals surface area contributed by atoms with E-state index in [1.165, 1.54) is 6.26 Å². The van der Waals surface area contributed by atoms with Gasteiger partial charge in [-0.2, -0.15) is 0 Å². The third-order valence-electron chi connectivity index (χ3n) is 4.13. The summed E-state index contributed by atoms with van der Waals surface area (Å²) < 4.78 is 23.3. The van der Waals surface area contributed by atoms with Crippen LogP contribution in [0.15, 0.2) is 30.3 Å². The number of para-hydroxylation sites is 1. The number of hydrogen-bond donors (Lipinski definition) is 0. The number of hydrogen-bond acceptors (Lipinski definition) is 4. The molecule has 116 valence electrons. The van der Waals surface area contributed by atoms with Gasteiger partial charge in [-0.25, -0.2) is 8.42 Å². The third kappa shape index (κ3) is 2.70. The van der Waals surface area contributed by atoms with Gasteiger partial charge in [0.25, 0.3) is 5.91 Å².